The van der Waals surface area contributed by atoms with E-state index in [1.165, 1.54) is 12.2 Å². The van der Waals surface area contributed by atoms with Crippen molar-refractivity contribution >= 4 is 27.6 Å². The van der Waals surface area contributed by atoms with Crippen LogP contribution in [0.5, 0.6) is 11.5 Å². The molecule has 0 unspecified atom stereocenters. The molecule has 0 saturated carbocycles. The second-order valence-corrected chi connectivity index (χ2v) is 9.81. The molecular formula is C27H21NO7S. The van der Waals surface area contributed by atoms with E-state index in [4.69, 9.17) is 14.0 Å². The maximum absolute atomic E-state index is 12.9. The highest BCUT2D eigenvalue weighted by molar-refractivity contribution is 7.85. The summed E-state index contributed by atoms with van der Waals surface area (Å²) in [6, 6.07) is 21.9. The Labute approximate surface area is 207 Å². The number of hydrogen-bond acceptors (Lipinski definition) is 7. The third-order valence-corrected chi connectivity index (χ3v) is 6.62. The van der Waals surface area contributed by atoms with E-state index in [1.807, 2.05) is 42.5 Å². The van der Waals surface area contributed by atoms with Gasteiger partial charge in [-0.05, 0) is 54.0 Å². The molecule has 0 saturated heterocycles. The molecule has 0 spiro atoms. The van der Waals surface area contributed by atoms with E-state index in [1.54, 1.807) is 35.2 Å². The van der Waals surface area contributed by atoms with Crippen molar-refractivity contribution in [3.05, 3.63) is 102 Å². The van der Waals surface area contributed by atoms with Gasteiger partial charge in [-0.3, -0.25) is 9.35 Å². The largest absolute Gasteiger partial charge is 0.439 e. The minimum Gasteiger partial charge on any atom is -0.439 e. The first kappa shape index (κ1) is 23.5. The number of carbonyl (C=O) groups excluding carboxylic acids is 2. The van der Waals surface area contributed by atoms with Crippen LogP contribution in [0.15, 0.2) is 96.4 Å². The average Bonchev–Trinajstić information content (AvgIpc) is 3.20. The highest BCUT2D eigenvalue weighted by atomic mass is 32.2. The lowest BCUT2D eigenvalue weighted by Gasteiger charge is -2.19. The summed E-state index contributed by atoms with van der Waals surface area (Å²) in [5.41, 5.74) is 2.75. The SMILES string of the molecule is O=C1Oc2ccccc2C(=O)/C1=C/C=C1\Oc2ccc(-c3ccccc3)cc2N1CCCS(=O)(=O)O. The van der Waals surface area contributed by atoms with E-state index in [0.717, 1.165) is 11.1 Å². The lowest BCUT2D eigenvalue weighted by Crippen LogP contribution is -2.25. The third-order valence-electron chi connectivity index (χ3n) is 5.81. The number of carbonyl (C=O) groups is 2. The van der Waals surface area contributed by atoms with Crippen molar-refractivity contribution in [1.82, 2.24) is 0 Å². The topological polar surface area (TPSA) is 110 Å². The second kappa shape index (κ2) is 9.44. The molecule has 8 nitrogen and oxygen atoms in total. The van der Waals surface area contributed by atoms with Gasteiger partial charge in [0.1, 0.15) is 11.3 Å². The Morgan fingerprint density at radius 3 is 2.36 bits per heavy atom. The first-order chi connectivity index (χ1) is 17.3. The number of nitrogens with zero attached hydrogens (tertiary/aromatic N) is 1. The van der Waals surface area contributed by atoms with Gasteiger partial charge < -0.3 is 14.4 Å². The molecule has 2 heterocycles. The zero-order chi connectivity index (χ0) is 25.3. The van der Waals surface area contributed by atoms with Crippen LogP contribution in [-0.2, 0) is 14.9 Å². The molecule has 5 rings (SSSR count). The Balaban J connectivity index is 1.49. The first-order valence-electron chi connectivity index (χ1n) is 11.2. The molecule has 0 radical (unpaired) electrons. The van der Waals surface area contributed by atoms with E-state index in [9.17, 15) is 18.0 Å². The fourth-order valence-electron chi connectivity index (χ4n) is 4.11. The molecule has 3 aromatic rings. The standard InChI is InChI=1S/C27H21NO7S/c29-26-20-9-4-5-10-23(20)35-27(30)21(26)12-14-25-28(15-6-16-36(31,32)33)22-17-19(11-13-24(22)34-25)18-7-2-1-3-8-18/h1-5,7-14,17H,6,15-16H2,(H,31,32,33)/b21-12-,25-14-. The number of benzene rings is 3. The van der Waals surface area contributed by atoms with Crippen LogP contribution in [0.2, 0.25) is 0 Å². The fraction of sp³-hybridized carbons (Fsp3) is 0.111. The third kappa shape index (κ3) is 4.79. The van der Waals surface area contributed by atoms with Crippen LogP contribution in [-0.4, -0.2) is 37.0 Å². The summed E-state index contributed by atoms with van der Waals surface area (Å²) < 4.78 is 43.0. The number of para-hydroxylation sites is 1. The molecule has 0 amide bonds. The number of fused-ring (bicyclic) bond motifs is 2. The minimum absolute atomic E-state index is 0.124. The van der Waals surface area contributed by atoms with Crippen LogP contribution >= 0.6 is 0 Å². The van der Waals surface area contributed by atoms with Crippen molar-refractivity contribution in [3.8, 4) is 22.6 Å². The highest BCUT2D eigenvalue weighted by Crippen LogP contribution is 2.42. The first-order valence-corrected chi connectivity index (χ1v) is 12.8. The van der Waals surface area contributed by atoms with Gasteiger partial charge in [0.05, 0.1) is 17.0 Å². The van der Waals surface area contributed by atoms with Gasteiger partial charge in [0.15, 0.2) is 5.75 Å². The number of anilines is 1. The van der Waals surface area contributed by atoms with Gasteiger partial charge in [0.25, 0.3) is 10.1 Å². The molecule has 2 aliphatic heterocycles. The lowest BCUT2D eigenvalue weighted by molar-refractivity contribution is -0.130. The van der Waals surface area contributed by atoms with E-state index in [-0.39, 0.29) is 29.9 Å². The summed E-state index contributed by atoms with van der Waals surface area (Å²) in [5, 5.41) is 0. The quantitative estimate of drug-likeness (QED) is 0.173. The highest BCUT2D eigenvalue weighted by Gasteiger charge is 2.31. The predicted octanol–water partition coefficient (Wildman–Crippen LogP) is 4.40. The number of esters is 1. The fourth-order valence-corrected chi connectivity index (χ4v) is 4.60. The molecule has 0 aliphatic carbocycles. The Hall–Kier alpha value is -4.21. The lowest BCUT2D eigenvalue weighted by atomic mass is 9.99. The zero-order valence-electron chi connectivity index (χ0n) is 19.0. The zero-order valence-corrected chi connectivity index (χ0v) is 19.8. The van der Waals surface area contributed by atoms with Crippen molar-refractivity contribution in [2.75, 3.05) is 17.2 Å². The molecule has 0 bridgehead atoms. The molecule has 0 atom stereocenters. The van der Waals surface area contributed by atoms with Crippen LogP contribution < -0.4 is 14.4 Å². The van der Waals surface area contributed by atoms with E-state index in [0.29, 0.717) is 17.3 Å². The molecular weight excluding hydrogens is 482 g/mol. The summed E-state index contributed by atoms with van der Waals surface area (Å²) in [7, 11) is -4.14. The molecule has 0 fully saturated rings. The van der Waals surface area contributed by atoms with Gasteiger partial charge in [-0.2, -0.15) is 8.42 Å². The van der Waals surface area contributed by atoms with E-state index in [2.05, 4.69) is 0 Å². The monoisotopic (exact) mass is 503 g/mol. The Morgan fingerprint density at radius 2 is 1.58 bits per heavy atom. The van der Waals surface area contributed by atoms with Gasteiger partial charge in [-0.15, -0.1) is 0 Å². The van der Waals surface area contributed by atoms with Gasteiger partial charge in [0, 0.05) is 6.54 Å². The molecule has 0 aromatic heterocycles. The van der Waals surface area contributed by atoms with Crippen LogP contribution in [0, 0.1) is 0 Å². The summed E-state index contributed by atoms with van der Waals surface area (Å²) in [6.07, 6.45) is 2.95. The number of ketones is 1. The van der Waals surface area contributed by atoms with Crippen molar-refractivity contribution in [2.24, 2.45) is 0 Å². The van der Waals surface area contributed by atoms with Gasteiger partial charge >= 0.3 is 5.97 Å². The summed E-state index contributed by atoms with van der Waals surface area (Å²) in [6.45, 7) is 0.210. The van der Waals surface area contributed by atoms with Crippen LogP contribution in [0.4, 0.5) is 5.69 Å². The number of allylic oxidation sites excluding steroid dienone is 2. The average molecular weight is 504 g/mol. The van der Waals surface area contributed by atoms with Crippen molar-refractivity contribution in [2.45, 2.75) is 6.42 Å². The van der Waals surface area contributed by atoms with Crippen LogP contribution in [0.25, 0.3) is 11.1 Å². The number of Topliss-reactive ketones (excluding diaryl/α,β-unsaturated/α-hetero) is 1. The van der Waals surface area contributed by atoms with E-state index < -0.39 is 27.6 Å². The van der Waals surface area contributed by atoms with Gasteiger partial charge in [-0.1, -0.05) is 48.5 Å². The minimum atomic E-state index is -4.14. The number of hydrogen-bond donors (Lipinski definition) is 1. The van der Waals surface area contributed by atoms with Crippen LogP contribution in [0.3, 0.4) is 0 Å². The van der Waals surface area contributed by atoms with Gasteiger partial charge in [-0.25, -0.2) is 4.79 Å². The normalized spacial score (nSPS) is 17.1. The molecule has 1 N–H and O–H groups in total. The van der Waals surface area contributed by atoms with Crippen molar-refractivity contribution < 1.29 is 32.0 Å². The number of rotatable bonds is 6. The molecule has 2 aliphatic rings. The maximum atomic E-state index is 12.9. The smallest absolute Gasteiger partial charge is 0.347 e. The van der Waals surface area contributed by atoms with E-state index >= 15 is 0 Å². The summed E-state index contributed by atoms with van der Waals surface area (Å²) in [5.74, 6) is -0.602. The second-order valence-electron chi connectivity index (χ2n) is 8.24. The van der Waals surface area contributed by atoms with Gasteiger partial charge in [0.2, 0.25) is 11.7 Å². The molecule has 9 heteroatoms. The van der Waals surface area contributed by atoms with Crippen molar-refractivity contribution in [3.63, 3.8) is 0 Å². The van der Waals surface area contributed by atoms with Crippen molar-refractivity contribution in [1.29, 1.82) is 0 Å². The molecule has 3 aromatic carbocycles. The Bertz CT molecular complexity index is 1520. The summed E-state index contributed by atoms with van der Waals surface area (Å²) >= 11 is 0. The Kier molecular flexibility index (Phi) is 6.17. The molecule has 36 heavy (non-hydrogen) atoms. The maximum Gasteiger partial charge on any atom is 0.347 e. The Morgan fingerprint density at radius 1 is 0.833 bits per heavy atom. The van der Waals surface area contributed by atoms with Crippen LogP contribution in [0.1, 0.15) is 16.8 Å². The predicted molar refractivity (Wildman–Crippen MR) is 133 cm³/mol. The summed E-state index contributed by atoms with van der Waals surface area (Å²) in [4.78, 5) is 27.1. The molecule has 182 valence electrons. The number of ether oxygens (including phenoxy) is 2.